The van der Waals surface area contributed by atoms with E-state index in [0.29, 0.717) is 11.5 Å². The van der Waals surface area contributed by atoms with Crippen molar-refractivity contribution in [2.75, 3.05) is 0 Å². The number of halogens is 2. The zero-order valence-electron chi connectivity index (χ0n) is 6.74. The van der Waals surface area contributed by atoms with Crippen molar-refractivity contribution in [3.63, 3.8) is 0 Å². The predicted octanol–water partition coefficient (Wildman–Crippen LogP) is 2.65. The van der Waals surface area contributed by atoms with Crippen LogP contribution in [0.4, 0.5) is 0 Å². The van der Waals surface area contributed by atoms with Gasteiger partial charge in [-0.3, -0.25) is 0 Å². The molecular weight excluding hydrogens is 410 g/mol. The largest absolute Gasteiger partial charge is 0.506 e. The minimum absolute atomic E-state index is 0.176. The molecule has 1 aromatic carbocycles. The summed E-state index contributed by atoms with van der Waals surface area (Å²) >= 11 is 4.22. The number of hydrogen-bond donors (Lipinski definition) is 1. The fraction of sp³-hybridized carbons (Fsp3) is 0. The molecule has 1 heterocycles. The van der Waals surface area contributed by atoms with Crippen molar-refractivity contribution < 1.29 is 9.52 Å². The maximum atomic E-state index is 9.76. The second-order valence-electron chi connectivity index (χ2n) is 2.53. The van der Waals surface area contributed by atoms with Gasteiger partial charge in [0.1, 0.15) is 5.75 Å². The highest BCUT2D eigenvalue weighted by atomic mass is 127. The van der Waals surface area contributed by atoms with Crippen molar-refractivity contribution in [2.24, 2.45) is 0 Å². The first-order chi connectivity index (χ1) is 6.68. The topological polar surface area (TPSA) is 59.2 Å². The fourth-order valence-electron chi connectivity index (χ4n) is 1.02. The smallest absolute Gasteiger partial charge is 0.251 e. The molecule has 2 aromatic rings. The summed E-state index contributed by atoms with van der Waals surface area (Å²) in [6.07, 6.45) is 1.24. The lowest BCUT2D eigenvalue weighted by atomic mass is 10.2. The molecule has 1 N–H and O–H groups in total. The van der Waals surface area contributed by atoms with Crippen molar-refractivity contribution in [3.8, 4) is 17.2 Å². The number of aromatic nitrogens is 2. The van der Waals surface area contributed by atoms with Crippen molar-refractivity contribution in [1.29, 1.82) is 0 Å². The molecule has 0 saturated carbocycles. The molecule has 0 aliphatic carbocycles. The van der Waals surface area contributed by atoms with Crippen molar-refractivity contribution >= 4 is 45.2 Å². The SMILES string of the molecule is Oc1c(I)cc(I)cc1-c1nnco1. The maximum Gasteiger partial charge on any atom is 0.251 e. The summed E-state index contributed by atoms with van der Waals surface area (Å²) in [5, 5.41) is 17.1. The summed E-state index contributed by atoms with van der Waals surface area (Å²) in [5.41, 5.74) is 0.568. The Bertz CT molecular complexity index is 457. The molecule has 2 rings (SSSR count). The first kappa shape index (κ1) is 10.1. The van der Waals surface area contributed by atoms with Crippen LogP contribution in [-0.4, -0.2) is 15.3 Å². The van der Waals surface area contributed by atoms with Gasteiger partial charge in [-0.15, -0.1) is 10.2 Å². The van der Waals surface area contributed by atoms with E-state index in [-0.39, 0.29) is 5.75 Å². The molecule has 0 aliphatic heterocycles. The summed E-state index contributed by atoms with van der Waals surface area (Å²) in [4.78, 5) is 0. The lowest BCUT2D eigenvalue weighted by Crippen LogP contribution is -1.85. The molecular formula is C8H4I2N2O2. The number of benzene rings is 1. The molecule has 0 aliphatic rings. The van der Waals surface area contributed by atoms with Crippen LogP contribution < -0.4 is 0 Å². The standard InChI is InChI=1S/C8H4I2N2O2/c9-4-1-5(7(13)6(10)2-4)8-12-11-3-14-8/h1-3,13H. The highest BCUT2D eigenvalue weighted by molar-refractivity contribution is 14.1. The molecule has 0 spiro atoms. The van der Waals surface area contributed by atoms with E-state index in [9.17, 15) is 5.11 Å². The van der Waals surface area contributed by atoms with Crippen LogP contribution in [-0.2, 0) is 0 Å². The van der Waals surface area contributed by atoms with Gasteiger partial charge in [0, 0.05) is 3.57 Å². The van der Waals surface area contributed by atoms with E-state index >= 15 is 0 Å². The fourth-order valence-corrected chi connectivity index (χ4v) is 2.86. The molecule has 0 radical (unpaired) electrons. The van der Waals surface area contributed by atoms with Gasteiger partial charge < -0.3 is 9.52 Å². The summed E-state index contributed by atoms with van der Waals surface area (Å²) < 4.78 is 6.80. The Kier molecular flexibility index (Phi) is 2.91. The van der Waals surface area contributed by atoms with Crippen LogP contribution in [0.15, 0.2) is 22.9 Å². The minimum atomic E-state index is 0.176. The molecule has 0 saturated heterocycles. The Labute approximate surface area is 107 Å². The predicted molar refractivity (Wildman–Crippen MR) is 66.8 cm³/mol. The number of nitrogens with zero attached hydrogens (tertiary/aromatic N) is 2. The monoisotopic (exact) mass is 414 g/mol. The van der Waals surface area contributed by atoms with Gasteiger partial charge >= 0.3 is 0 Å². The number of aromatic hydroxyl groups is 1. The van der Waals surface area contributed by atoms with E-state index in [0.717, 1.165) is 7.14 Å². The van der Waals surface area contributed by atoms with Crippen LogP contribution in [0, 0.1) is 7.14 Å². The average Bonchev–Trinajstić information content (AvgIpc) is 2.63. The summed E-state index contributed by atoms with van der Waals surface area (Å²) in [6.45, 7) is 0. The second kappa shape index (κ2) is 4.01. The van der Waals surface area contributed by atoms with Gasteiger partial charge in [-0.05, 0) is 57.3 Å². The molecule has 0 bridgehead atoms. The van der Waals surface area contributed by atoms with E-state index < -0.39 is 0 Å². The average molecular weight is 414 g/mol. The van der Waals surface area contributed by atoms with Gasteiger partial charge in [-0.25, -0.2) is 0 Å². The van der Waals surface area contributed by atoms with Gasteiger partial charge in [0.15, 0.2) is 0 Å². The Morgan fingerprint density at radius 2 is 2.07 bits per heavy atom. The zero-order chi connectivity index (χ0) is 10.1. The van der Waals surface area contributed by atoms with Gasteiger partial charge in [0.2, 0.25) is 6.39 Å². The molecule has 0 atom stereocenters. The molecule has 6 heteroatoms. The lowest BCUT2D eigenvalue weighted by molar-refractivity contribution is 0.469. The lowest BCUT2D eigenvalue weighted by Gasteiger charge is -2.02. The van der Waals surface area contributed by atoms with Gasteiger partial charge in [0.05, 0.1) is 9.13 Å². The third kappa shape index (κ3) is 1.85. The van der Waals surface area contributed by atoms with Crippen LogP contribution in [0.5, 0.6) is 5.75 Å². The minimum Gasteiger partial charge on any atom is -0.506 e. The normalized spacial score (nSPS) is 10.4. The van der Waals surface area contributed by atoms with Crippen LogP contribution in [0.3, 0.4) is 0 Å². The molecule has 0 unspecified atom stereocenters. The highest BCUT2D eigenvalue weighted by Gasteiger charge is 2.13. The third-order valence-corrected chi connectivity index (χ3v) is 3.06. The molecule has 0 fully saturated rings. The zero-order valence-corrected chi connectivity index (χ0v) is 11.1. The van der Waals surface area contributed by atoms with Gasteiger partial charge in [-0.1, -0.05) is 0 Å². The Hall–Kier alpha value is -0.380. The van der Waals surface area contributed by atoms with E-state index in [2.05, 4.69) is 55.4 Å². The molecule has 0 amide bonds. The van der Waals surface area contributed by atoms with E-state index in [4.69, 9.17) is 4.42 Å². The number of phenolic OH excluding ortho intramolecular Hbond substituents is 1. The van der Waals surface area contributed by atoms with E-state index in [1.165, 1.54) is 6.39 Å². The van der Waals surface area contributed by atoms with E-state index in [1.54, 1.807) is 6.07 Å². The van der Waals surface area contributed by atoms with Crippen molar-refractivity contribution in [2.45, 2.75) is 0 Å². The summed E-state index contributed by atoms with van der Waals surface area (Å²) in [7, 11) is 0. The first-order valence-corrected chi connectivity index (χ1v) is 5.79. The van der Waals surface area contributed by atoms with Crippen LogP contribution in [0.25, 0.3) is 11.5 Å². The van der Waals surface area contributed by atoms with Crippen LogP contribution in [0.1, 0.15) is 0 Å². The van der Waals surface area contributed by atoms with Gasteiger partial charge in [-0.2, -0.15) is 0 Å². The Morgan fingerprint density at radius 1 is 1.29 bits per heavy atom. The van der Waals surface area contributed by atoms with Crippen molar-refractivity contribution in [1.82, 2.24) is 10.2 Å². The Morgan fingerprint density at radius 3 is 2.71 bits per heavy atom. The van der Waals surface area contributed by atoms with Gasteiger partial charge in [0.25, 0.3) is 5.89 Å². The highest BCUT2D eigenvalue weighted by Crippen LogP contribution is 2.33. The summed E-state index contributed by atoms with van der Waals surface area (Å²) in [5.74, 6) is 0.509. The molecule has 1 aromatic heterocycles. The third-order valence-electron chi connectivity index (χ3n) is 1.62. The van der Waals surface area contributed by atoms with Crippen LogP contribution >= 0.6 is 45.2 Å². The molecule has 4 nitrogen and oxygen atoms in total. The molecule has 14 heavy (non-hydrogen) atoms. The van der Waals surface area contributed by atoms with E-state index in [1.807, 2.05) is 6.07 Å². The summed E-state index contributed by atoms with van der Waals surface area (Å²) in [6, 6.07) is 3.67. The maximum absolute atomic E-state index is 9.76. The van der Waals surface area contributed by atoms with Crippen LogP contribution in [0.2, 0.25) is 0 Å². The number of hydrogen-bond acceptors (Lipinski definition) is 4. The van der Waals surface area contributed by atoms with Crippen molar-refractivity contribution in [3.05, 3.63) is 25.7 Å². The molecule has 72 valence electrons. The first-order valence-electron chi connectivity index (χ1n) is 3.63. The Balaban J connectivity index is 2.64. The number of phenols is 1. The second-order valence-corrected chi connectivity index (χ2v) is 4.94. The quantitative estimate of drug-likeness (QED) is 0.730. The number of rotatable bonds is 1.